The van der Waals surface area contributed by atoms with Crippen molar-refractivity contribution >= 4 is 56.6 Å². The van der Waals surface area contributed by atoms with Gasteiger partial charge in [-0.15, -0.1) is 11.3 Å². The molecule has 7 nitrogen and oxygen atoms in total. The average molecular weight is 510 g/mol. The molecule has 0 saturated heterocycles. The van der Waals surface area contributed by atoms with Gasteiger partial charge in [0.25, 0.3) is 5.91 Å². The number of anilines is 1. The fourth-order valence-electron chi connectivity index (χ4n) is 3.30. The molecule has 3 rings (SSSR count). The van der Waals surface area contributed by atoms with Gasteiger partial charge in [0.2, 0.25) is 5.95 Å². The van der Waals surface area contributed by atoms with E-state index in [0.717, 1.165) is 19.6 Å². The molecule has 10 heteroatoms. The van der Waals surface area contributed by atoms with Crippen molar-refractivity contribution in [2.75, 3.05) is 32.0 Å². The monoisotopic (exact) mass is 509 g/mol. The summed E-state index contributed by atoms with van der Waals surface area (Å²) < 4.78 is 5.96. The summed E-state index contributed by atoms with van der Waals surface area (Å²) in [5, 5.41) is 4.47. The van der Waals surface area contributed by atoms with Crippen molar-refractivity contribution < 1.29 is 9.53 Å². The third-order valence-corrected chi connectivity index (χ3v) is 6.59. The molecule has 0 aliphatic carbocycles. The maximum atomic E-state index is 12.7. The minimum absolute atomic E-state index is 0.0946. The number of benzene rings is 1. The van der Waals surface area contributed by atoms with E-state index in [2.05, 4.69) is 34.0 Å². The normalized spacial score (nSPS) is 11.9. The average Bonchev–Trinajstić information content (AvgIpc) is 3.15. The van der Waals surface area contributed by atoms with Crippen LogP contribution < -0.4 is 15.8 Å². The Balaban J connectivity index is 2.00. The Morgan fingerprint density at radius 2 is 1.85 bits per heavy atom. The van der Waals surface area contributed by atoms with Gasteiger partial charge in [-0.3, -0.25) is 4.79 Å². The molecule has 0 aliphatic heterocycles. The van der Waals surface area contributed by atoms with Gasteiger partial charge in [-0.1, -0.05) is 37.0 Å². The Bertz CT molecular complexity index is 1160. The lowest BCUT2D eigenvalue weighted by molar-refractivity contribution is 0.0924. The summed E-state index contributed by atoms with van der Waals surface area (Å²) in [4.78, 5) is 24.8. The molecule has 0 saturated carbocycles. The predicted molar refractivity (Wildman–Crippen MR) is 138 cm³/mol. The number of thiophene rings is 1. The number of nitrogens with one attached hydrogen (secondary N) is 1. The van der Waals surface area contributed by atoms with E-state index in [4.69, 9.17) is 33.7 Å². The van der Waals surface area contributed by atoms with Gasteiger partial charge in [-0.05, 0) is 52.1 Å². The van der Waals surface area contributed by atoms with Crippen LogP contribution in [0.4, 0.5) is 5.95 Å². The van der Waals surface area contributed by atoms with Gasteiger partial charge >= 0.3 is 0 Å². The molecule has 178 valence electrons. The van der Waals surface area contributed by atoms with Gasteiger partial charge in [0, 0.05) is 23.0 Å². The lowest BCUT2D eigenvalue weighted by atomic mass is 10.1. The first kappa shape index (κ1) is 25.5. The Labute approximate surface area is 208 Å². The maximum absolute atomic E-state index is 12.7. The molecule has 0 atom stereocenters. The molecule has 0 bridgehead atoms. The summed E-state index contributed by atoms with van der Waals surface area (Å²) in [6.45, 7) is 13.2. The Hall–Kier alpha value is -2.13. The summed E-state index contributed by atoms with van der Waals surface area (Å²) in [6, 6.07) is 5.16. The summed E-state index contributed by atoms with van der Waals surface area (Å²) in [5.74, 6) is 0.421. The van der Waals surface area contributed by atoms with Crippen molar-refractivity contribution in [3.8, 4) is 17.0 Å². The number of likely N-dealkylation sites (N-methyl/N-ethyl adjacent to an activating group) is 1. The second-order valence-corrected chi connectivity index (χ2v) is 10.4. The molecule has 1 amide bonds. The molecule has 3 aromatic rings. The third-order valence-electron chi connectivity index (χ3n) is 4.96. The van der Waals surface area contributed by atoms with Gasteiger partial charge in [-0.2, -0.15) is 0 Å². The molecule has 2 aromatic heterocycles. The molecule has 0 fully saturated rings. The summed E-state index contributed by atoms with van der Waals surface area (Å²) in [5.41, 5.74) is 6.76. The van der Waals surface area contributed by atoms with E-state index >= 15 is 0 Å². The molecule has 1 aromatic carbocycles. The van der Waals surface area contributed by atoms with Gasteiger partial charge in [-0.25, -0.2) is 9.97 Å². The smallest absolute Gasteiger partial charge is 0.261 e. The van der Waals surface area contributed by atoms with Gasteiger partial charge in [0.1, 0.15) is 17.2 Å². The van der Waals surface area contributed by atoms with E-state index in [-0.39, 0.29) is 17.4 Å². The Morgan fingerprint density at radius 3 is 2.48 bits per heavy atom. The number of nitrogens with two attached hydrogens (primary N) is 1. The van der Waals surface area contributed by atoms with Gasteiger partial charge in [0.05, 0.1) is 20.6 Å². The highest BCUT2D eigenvalue weighted by molar-refractivity contribution is 7.20. The van der Waals surface area contributed by atoms with Crippen molar-refractivity contribution in [1.29, 1.82) is 0 Å². The lowest BCUT2D eigenvalue weighted by Gasteiger charge is -2.19. The Morgan fingerprint density at radius 1 is 1.15 bits per heavy atom. The van der Waals surface area contributed by atoms with Gasteiger partial charge < -0.3 is 20.7 Å². The van der Waals surface area contributed by atoms with Crippen LogP contribution in [0.3, 0.4) is 0 Å². The van der Waals surface area contributed by atoms with Crippen LogP contribution in [-0.2, 0) is 0 Å². The molecule has 3 N–H and O–H groups in total. The molecule has 0 aliphatic rings. The number of aromatic nitrogens is 2. The highest BCUT2D eigenvalue weighted by Crippen LogP contribution is 2.40. The van der Waals surface area contributed by atoms with Crippen molar-refractivity contribution in [3.05, 3.63) is 33.1 Å². The summed E-state index contributed by atoms with van der Waals surface area (Å²) in [7, 11) is 0. The second kappa shape index (κ2) is 10.4. The summed E-state index contributed by atoms with van der Waals surface area (Å²) in [6.07, 6.45) is 0. The minimum atomic E-state index is -0.363. The maximum Gasteiger partial charge on any atom is 0.261 e. The topological polar surface area (TPSA) is 93.4 Å². The van der Waals surface area contributed by atoms with Crippen LogP contribution in [-0.4, -0.2) is 52.6 Å². The number of ether oxygens (including phenoxy) is 1. The first-order chi connectivity index (χ1) is 15.5. The van der Waals surface area contributed by atoms with Crippen LogP contribution in [0.25, 0.3) is 21.5 Å². The number of carbonyl (C=O) groups excluding carboxylic acids is 1. The van der Waals surface area contributed by atoms with Crippen molar-refractivity contribution in [3.63, 3.8) is 0 Å². The van der Waals surface area contributed by atoms with E-state index < -0.39 is 0 Å². The molecule has 0 unspecified atom stereocenters. The number of hydrogen-bond acceptors (Lipinski definition) is 7. The summed E-state index contributed by atoms with van der Waals surface area (Å²) >= 11 is 14.2. The fourth-order valence-corrected chi connectivity index (χ4v) is 4.76. The lowest BCUT2D eigenvalue weighted by Crippen LogP contribution is -2.40. The van der Waals surface area contributed by atoms with Crippen LogP contribution in [0.5, 0.6) is 5.75 Å². The van der Waals surface area contributed by atoms with Crippen molar-refractivity contribution in [2.24, 2.45) is 0 Å². The number of rotatable bonds is 8. The first-order valence-electron chi connectivity index (χ1n) is 10.8. The van der Waals surface area contributed by atoms with Crippen molar-refractivity contribution in [2.45, 2.75) is 40.2 Å². The molecular formula is C23H29Cl2N5O2S. The molecule has 0 spiro atoms. The highest BCUT2D eigenvalue weighted by Gasteiger charge is 2.21. The number of nitrogen functional groups attached to an aromatic ring is 1. The van der Waals surface area contributed by atoms with Crippen LogP contribution in [0.15, 0.2) is 18.2 Å². The minimum Gasteiger partial charge on any atom is -0.491 e. The number of halogens is 2. The van der Waals surface area contributed by atoms with Crippen molar-refractivity contribution in [1.82, 2.24) is 20.2 Å². The van der Waals surface area contributed by atoms with Crippen LogP contribution in [0, 0.1) is 0 Å². The van der Waals surface area contributed by atoms with E-state index in [1.165, 1.54) is 11.3 Å². The SMILES string of the molecule is CCN(CC)CCOc1cc(-c2nc(N)nc3sc(C(=O)NC(C)(C)C)cc23)c(Cl)cc1Cl. The van der Waals surface area contributed by atoms with E-state index in [1.54, 1.807) is 18.2 Å². The number of carbonyl (C=O) groups is 1. The zero-order valence-corrected chi connectivity index (χ0v) is 21.8. The molecule has 0 radical (unpaired) electrons. The van der Waals surface area contributed by atoms with E-state index in [9.17, 15) is 4.79 Å². The quantitative estimate of drug-likeness (QED) is 0.416. The van der Waals surface area contributed by atoms with Gasteiger partial charge in [0.15, 0.2) is 0 Å². The standard InChI is InChI=1S/C23H29Cl2N5O2S/c1-6-30(7-2)8-9-32-17-10-13(15(24)12-16(17)25)19-14-11-18(20(31)29-23(3,4)5)33-21(14)28-22(26)27-19/h10-12H,6-9H2,1-5H3,(H,29,31)(H2,26,27,28). The van der Waals surface area contributed by atoms with E-state index in [0.29, 0.717) is 48.8 Å². The zero-order chi connectivity index (χ0) is 24.3. The third kappa shape index (κ3) is 6.26. The molecular weight excluding hydrogens is 481 g/mol. The number of hydrogen-bond donors (Lipinski definition) is 2. The number of nitrogens with zero attached hydrogens (tertiary/aromatic N) is 3. The molecule has 33 heavy (non-hydrogen) atoms. The number of fused-ring (bicyclic) bond motifs is 1. The van der Waals surface area contributed by atoms with E-state index in [1.807, 2.05) is 20.8 Å². The van der Waals surface area contributed by atoms with Crippen LogP contribution in [0.1, 0.15) is 44.3 Å². The van der Waals surface area contributed by atoms with Crippen LogP contribution >= 0.6 is 34.5 Å². The van der Waals surface area contributed by atoms with Crippen LogP contribution in [0.2, 0.25) is 10.0 Å². The second-order valence-electron chi connectivity index (χ2n) is 8.60. The zero-order valence-electron chi connectivity index (χ0n) is 19.5. The molecule has 2 heterocycles. The Kier molecular flexibility index (Phi) is 8.05. The number of amides is 1. The predicted octanol–water partition coefficient (Wildman–Crippen LogP) is 5.50. The first-order valence-corrected chi connectivity index (χ1v) is 12.3. The largest absolute Gasteiger partial charge is 0.491 e. The fraction of sp³-hybridized carbons (Fsp3) is 0.435. The highest BCUT2D eigenvalue weighted by atomic mass is 35.5.